The van der Waals surface area contributed by atoms with E-state index in [0.29, 0.717) is 0 Å². The Morgan fingerprint density at radius 2 is 2.00 bits per heavy atom. The van der Waals surface area contributed by atoms with Crippen LogP contribution in [0.3, 0.4) is 0 Å². The van der Waals surface area contributed by atoms with Crippen LogP contribution in [-0.4, -0.2) is 31.6 Å². The van der Waals surface area contributed by atoms with Gasteiger partial charge in [-0.15, -0.1) is 0 Å². The Morgan fingerprint density at radius 3 is 2.73 bits per heavy atom. The van der Waals surface area contributed by atoms with Gasteiger partial charge in [-0.2, -0.15) is 0 Å². The molecule has 0 radical (unpaired) electrons. The van der Waals surface area contributed by atoms with Crippen LogP contribution in [-0.2, 0) is 11.3 Å². The van der Waals surface area contributed by atoms with E-state index >= 15 is 0 Å². The fourth-order valence-electron chi connectivity index (χ4n) is 2.65. The third kappa shape index (κ3) is 3.21. The molecule has 0 aliphatic heterocycles. The minimum atomic E-state index is -0.693. The number of hydrogen-bond acceptors (Lipinski definition) is 6. The van der Waals surface area contributed by atoms with Crippen molar-refractivity contribution in [2.24, 2.45) is 0 Å². The van der Waals surface area contributed by atoms with Crippen LogP contribution in [0.15, 0.2) is 27.8 Å². The Balaban J connectivity index is 1.73. The van der Waals surface area contributed by atoms with Crippen molar-refractivity contribution in [3.63, 3.8) is 0 Å². The van der Waals surface area contributed by atoms with Crippen LogP contribution in [0.4, 0.5) is 0 Å². The number of nitrogens with zero attached hydrogens (tertiary/aromatic N) is 4. The van der Waals surface area contributed by atoms with Crippen molar-refractivity contribution in [3.8, 4) is 11.6 Å². The van der Waals surface area contributed by atoms with E-state index < -0.39 is 5.76 Å². The number of nitrogens with one attached hydrogen (secondary N) is 1. The van der Waals surface area contributed by atoms with Crippen molar-refractivity contribution in [1.29, 1.82) is 0 Å². The lowest BCUT2D eigenvalue weighted by atomic mass is 9.95. The van der Waals surface area contributed by atoms with Crippen LogP contribution in [0.25, 0.3) is 11.6 Å². The molecular formula is C14H17N5O3. The molecule has 0 aromatic carbocycles. The summed E-state index contributed by atoms with van der Waals surface area (Å²) >= 11 is 0. The Hall–Kier alpha value is -2.51. The lowest BCUT2D eigenvalue weighted by Crippen LogP contribution is -2.39. The van der Waals surface area contributed by atoms with Crippen molar-refractivity contribution in [2.45, 2.75) is 44.7 Å². The van der Waals surface area contributed by atoms with E-state index in [2.05, 4.69) is 25.0 Å². The van der Waals surface area contributed by atoms with Crippen molar-refractivity contribution in [3.05, 3.63) is 29.0 Å². The summed E-state index contributed by atoms with van der Waals surface area (Å²) in [6.45, 7) is -0.146. The Labute approximate surface area is 126 Å². The van der Waals surface area contributed by atoms with E-state index in [1.54, 1.807) is 6.07 Å². The summed E-state index contributed by atoms with van der Waals surface area (Å²) in [7, 11) is 0. The van der Waals surface area contributed by atoms with Crippen LogP contribution in [0.5, 0.6) is 0 Å². The molecule has 0 unspecified atom stereocenters. The molecule has 1 fully saturated rings. The average Bonchev–Trinajstić information content (AvgIpc) is 2.90. The smallest absolute Gasteiger partial charge is 0.352 e. The Kier molecular flexibility index (Phi) is 4.27. The quantitative estimate of drug-likeness (QED) is 0.893. The average molecular weight is 303 g/mol. The molecule has 22 heavy (non-hydrogen) atoms. The van der Waals surface area contributed by atoms with Crippen LogP contribution < -0.4 is 11.1 Å². The molecule has 3 rings (SSSR count). The lowest BCUT2D eigenvalue weighted by molar-refractivity contribution is -0.122. The summed E-state index contributed by atoms with van der Waals surface area (Å²) in [4.78, 5) is 31.9. The second-order valence-electron chi connectivity index (χ2n) is 5.33. The molecule has 0 saturated heterocycles. The van der Waals surface area contributed by atoms with E-state index in [9.17, 15) is 9.59 Å². The predicted molar refractivity (Wildman–Crippen MR) is 76.8 cm³/mol. The summed E-state index contributed by atoms with van der Waals surface area (Å²) in [5, 5.41) is 6.61. The van der Waals surface area contributed by atoms with Gasteiger partial charge in [0, 0.05) is 18.4 Å². The van der Waals surface area contributed by atoms with Crippen molar-refractivity contribution >= 4 is 5.91 Å². The van der Waals surface area contributed by atoms with Gasteiger partial charge < -0.3 is 5.32 Å². The first-order chi connectivity index (χ1) is 10.7. The number of carbonyl (C=O) groups excluding carboxylic acids is 1. The number of amides is 1. The summed E-state index contributed by atoms with van der Waals surface area (Å²) in [5.74, 6) is -0.515. The van der Waals surface area contributed by atoms with Crippen LogP contribution in [0.2, 0.25) is 0 Å². The zero-order valence-corrected chi connectivity index (χ0v) is 12.1. The lowest BCUT2D eigenvalue weighted by Gasteiger charge is -2.22. The van der Waals surface area contributed by atoms with E-state index in [1.165, 1.54) is 18.8 Å². The van der Waals surface area contributed by atoms with E-state index in [4.69, 9.17) is 0 Å². The first-order valence-corrected chi connectivity index (χ1v) is 7.37. The standard InChI is InChI=1S/C14H17N5O3/c20-11(17-10-5-2-1-3-6-10)9-19-13(18-22-14(19)21)12-15-7-4-8-16-12/h4,7-8,10H,1-3,5-6,9H2,(H,17,20). The number of rotatable bonds is 4. The van der Waals surface area contributed by atoms with Crippen LogP contribution in [0, 0.1) is 0 Å². The van der Waals surface area contributed by atoms with Gasteiger partial charge in [0.1, 0.15) is 6.54 Å². The summed E-state index contributed by atoms with van der Waals surface area (Å²) in [6, 6.07) is 1.84. The minimum absolute atomic E-state index is 0.146. The number of aromatic nitrogens is 4. The topological polar surface area (TPSA) is 103 Å². The molecular weight excluding hydrogens is 286 g/mol. The predicted octanol–water partition coefficient (Wildman–Crippen LogP) is 0.742. The maximum Gasteiger partial charge on any atom is 0.442 e. The Morgan fingerprint density at radius 1 is 1.27 bits per heavy atom. The molecule has 8 heteroatoms. The van der Waals surface area contributed by atoms with Gasteiger partial charge in [0.05, 0.1) is 0 Å². The molecule has 2 heterocycles. The van der Waals surface area contributed by atoms with Gasteiger partial charge in [-0.3, -0.25) is 9.32 Å². The van der Waals surface area contributed by atoms with E-state index in [1.807, 2.05) is 0 Å². The fraction of sp³-hybridized carbons (Fsp3) is 0.500. The molecule has 1 N–H and O–H groups in total. The molecule has 0 atom stereocenters. The van der Waals surface area contributed by atoms with Crippen molar-refractivity contribution in [1.82, 2.24) is 25.0 Å². The SMILES string of the molecule is O=C(Cn1c(-c2ncccn2)noc1=O)NC1CCCCC1. The summed E-state index contributed by atoms with van der Waals surface area (Å²) < 4.78 is 5.78. The zero-order valence-electron chi connectivity index (χ0n) is 12.1. The molecule has 116 valence electrons. The molecule has 2 aromatic heterocycles. The largest absolute Gasteiger partial charge is 0.442 e. The van der Waals surface area contributed by atoms with Crippen LogP contribution in [0.1, 0.15) is 32.1 Å². The molecule has 1 saturated carbocycles. The van der Waals surface area contributed by atoms with Crippen molar-refractivity contribution in [2.75, 3.05) is 0 Å². The molecule has 1 aliphatic carbocycles. The highest BCUT2D eigenvalue weighted by molar-refractivity contribution is 5.76. The van der Waals surface area contributed by atoms with Gasteiger partial charge in [-0.25, -0.2) is 19.3 Å². The third-order valence-corrected chi connectivity index (χ3v) is 3.72. The van der Waals surface area contributed by atoms with Gasteiger partial charge in [0.25, 0.3) is 0 Å². The highest BCUT2D eigenvalue weighted by atomic mass is 16.5. The normalized spacial score (nSPS) is 15.6. The van der Waals surface area contributed by atoms with Crippen LogP contribution >= 0.6 is 0 Å². The monoisotopic (exact) mass is 303 g/mol. The second kappa shape index (κ2) is 6.50. The maximum atomic E-state index is 12.1. The maximum absolute atomic E-state index is 12.1. The molecule has 8 nitrogen and oxygen atoms in total. The van der Waals surface area contributed by atoms with Gasteiger partial charge in [0.2, 0.25) is 11.7 Å². The molecule has 1 amide bonds. The van der Waals surface area contributed by atoms with Gasteiger partial charge >= 0.3 is 5.76 Å². The first kappa shape index (κ1) is 14.4. The van der Waals surface area contributed by atoms with Gasteiger partial charge in [-0.1, -0.05) is 24.4 Å². The number of hydrogen-bond donors (Lipinski definition) is 1. The van der Waals surface area contributed by atoms with Crippen molar-refractivity contribution < 1.29 is 9.32 Å². The summed E-state index contributed by atoms with van der Waals surface area (Å²) in [6.07, 6.45) is 8.51. The van der Waals surface area contributed by atoms with E-state index in [-0.39, 0.29) is 30.1 Å². The molecule has 0 spiro atoms. The fourth-order valence-corrected chi connectivity index (χ4v) is 2.65. The Bertz CT molecular complexity index is 688. The zero-order chi connectivity index (χ0) is 15.4. The van der Waals surface area contributed by atoms with E-state index in [0.717, 1.165) is 30.3 Å². The first-order valence-electron chi connectivity index (χ1n) is 7.37. The highest BCUT2D eigenvalue weighted by Crippen LogP contribution is 2.17. The molecule has 2 aromatic rings. The molecule has 1 aliphatic rings. The second-order valence-corrected chi connectivity index (χ2v) is 5.33. The summed E-state index contributed by atoms with van der Waals surface area (Å²) in [5.41, 5.74) is 0. The highest BCUT2D eigenvalue weighted by Gasteiger charge is 2.20. The third-order valence-electron chi connectivity index (χ3n) is 3.72. The number of carbonyl (C=O) groups is 1. The molecule has 0 bridgehead atoms. The van der Waals surface area contributed by atoms with Gasteiger partial charge in [0.15, 0.2) is 5.82 Å². The van der Waals surface area contributed by atoms with Gasteiger partial charge in [-0.05, 0) is 18.9 Å². The minimum Gasteiger partial charge on any atom is -0.352 e.